The predicted octanol–water partition coefficient (Wildman–Crippen LogP) is 1.65. The molecule has 0 unspecified atom stereocenters. The molecule has 126 valence electrons. The number of carbonyl (C=O) groups excluding carboxylic acids is 2. The highest BCUT2D eigenvalue weighted by atomic mass is 16.2. The van der Waals surface area contributed by atoms with E-state index in [2.05, 4.69) is 10.3 Å². The van der Waals surface area contributed by atoms with Gasteiger partial charge in [0.25, 0.3) is 5.91 Å². The van der Waals surface area contributed by atoms with E-state index in [1.54, 1.807) is 20.2 Å². The number of amides is 2. The van der Waals surface area contributed by atoms with Crippen LogP contribution in [0.15, 0.2) is 30.3 Å². The van der Waals surface area contributed by atoms with E-state index in [0.29, 0.717) is 24.2 Å². The summed E-state index contributed by atoms with van der Waals surface area (Å²) in [5.74, 6) is 0.425. The van der Waals surface area contributed by atoms with Crippen molar-refractivity contribution in [3.05, 3.63) is 35.9 Å². The Morgan fingerprint density at radius 3 is 2.38 bits per heavy atom. The highest BCUT2D eigenvalue weighted by molar-refractivity contribution is 6.09. The number of pyridine rings is 1. The molecule has 1 aromatic heterocycles. The van der Waals surface area contributed by atoms with Gasteiger partial charge in [-0.15, -0.1) is 0 Å². The molecule has 3 rings (SSSR count). The van der Waals surface area contributed by atoms with Crippen molar-refractivity contribution < 1.29 is 9.59 Å². The standard InChI is InChI=1S/C18H22N4O2/c1-21(2)15-11-13(12-7-5-6-8-14(12)19-15)16(23)20-18(9-10-18)17(24)22(3)4/h5-8,11H,9-10H2,1-4H3,(H,20,23). The monoisotopic (exact) mass is 326 g/mol. The molecule has 0 aliphatic heterocycles. The van der Waals surface area contributed by atoms with Crippen LogP contribution in [0.2, 0.25) is 0 Å². The van der Waals surface area contributed by atoms with Gasteiger partial charge in [0, 0.05) is 33.6 Å². The molecular formula is C18H22N4O2. The van der Waals surface area contributed by atoms with Crippen LogP contribution in [0.4, 0.5) is 5.82 Å². The summed E-state index contributed by atoms with van der Waals surface area (Å²) in [7, 11) is 7.19. The smallest absolute Gasteiger partial charge is 0.252 e. The molecule has 0 atom stereocenters. The Morgan fingerprint density at radius 2 is 1.79 bits per heavy atom. The number of carbonyl (C=O) groups is 2. The third-order valence-electron chi connectivity index (χ3n) is 4.32. The second-order valence-corrected chi connectivity index (χ2v) is 6.68. The lowest BCUT2D eigenvalue weighted by Gasteiger charge is -2.22. The Bertz CT molecular complexity index is 810. The van der Waals surface area contributed by atoms with Crippen LogP contribution in [-0.2, 0) is 4.79 Å². The first-order chi connectivity index (χ1) is 11.3. The minimum absolute atomic E-state index is 0.0537. The summed E-state index contributed by atoms with van der Waals surface area (Å²) < 4.78 is 0. The fourth-order valence-electron chi connectivity index (χ4n) is 2.81. The van der Waals surface area contributed by atoms with Crippen LogP contribution in [0, 0.1) is 0 Å². The summed E-state index contributed by atoms with van der Waals surface area (Å²) in [5, 5.41) is 3.73. The lowest BCUT2D eigenvalue weighted by atomic mass is 10.1. The summed E-state index contributed by atoms with van der Waals surface area (Å²) in [4.78, 5) is 33.2. The van der Waals surface area contributed by atoms with Gasteiger partial charge in [0.2, 0.25) is 5.91 Å². The van der Waals surface area contributed by atoms with Gasteiger partial charge >= 0.3 is 0 Å². The molecule has 2 aromatic rings. The maximum Gasteiger partial charge on any atom is 0.252 e. The van der Waals surface area contributed by atoms with Crippen LogP contribution < -0.4 is 10.2 Å². The zero-order valence-corrected chi connectivity index (χ0v) is 14.5. The largest absolute Gasteiger partial charge is 0.363 e. The molecule has 0 saturated heterocycles. The van der Waals surface area contributed by atoms with Crippen LogP contribution >= 0.6 is 0 Å². The maximum absolute atomic E-state index is 12.9. The molecule has 6 nitrogen and oxygen atoms in total. The molecule has 1 aliphatic rings. The summed E-state index contributed by atoms with van der Waals surface area (Å²) in [6, 6.07) is 9.32. The SMILES string of the molecule is CN(C)C(=O)C1(NC(=O)c2cc(N(C)C)nc3ccccc23)CC1. The lowest BCUT2D eigenvalue weighted by molar-refractivity contribution is -0.131. The van der Waals surface area contributed by atoms with Gasteiger partial charge in [0.1, 0.15) is 11.4 Å². The number of nitrogens with zero attached hydrogens (tertiary/aromatic N) is 3. The third kappa shape index (κ3) is 2.79. The molecule has 0 bridgehead atoms. The first-order valence-electron chi connectivity index (χ1n) is 7.95. The number of aromatic nitrogens is 1. The fraction of sp³-hybridized carbons (Fsp3) is 0.389. The van der Waals surface area contributed by atoms with Gasteiger partial charge in [-0.2, -0.15) is 0 Å². The quantitative estimate of drug-likeness (QED) is 0.928. The van der Waals surface area contributed by atoms with Crippen LogP contribution in [0.25, 0.3) is 10.9 Å². The zero-order chi connectivity index (χ0) is 17.5. The first-order valence-corrected chi connectivity index (χ1v) is 7.95. The molecule has 24 heavy (non-hydrogen) atoms. The summed E-state index contributed by atoms with van der Waals surface area (Å²) in [5.41, 5.74) is 0.559. The number of nitrogens with one attached hydrogen (secondary N) is 1. The van der Waals surface area contributed by atoms with Gasteiger partial charge in [-0.3, -0.25) is 9.59 Å². The van der Waals surface area contributed by atoms with E-state index < -0.39 is 5.54 Å². The van der Waals surface area contributed by atoms with E-state index >= 15 is 0 Å². The minimum Gasteiger partial charge on any atom is -0.363 e. The number of fused-ring (bicyclic) bond motifs is 1. The molecular weight excluding hydrogens is 304 g/mol. The average Bonchev–Trinajstić information content (AvgIpc) is 3.33. The number of hydrogen-bond acceptors (Lipinski definition) is 4. The fourth-order valence-corrected chi connectivity index (χ4v) is 2.81. The number of anilines is 1. The molecule has 1 aliphatic carbocycles. The van der Waals surface area contributed by atoms with Gasteiger partial charge in [-0.05, 0) is 25.0 Å². The molecule has 6 heteroatoms. The van der Waals surface area contributed by atoms with Crippen molar-refractivity contribution in [2.75, 3.05) is 33.1 Å². The number of para-hydroxylation sites is 1. The van der Waals surface area contributed by atoms with Crippen LogP contribution in [-0.4, -0.2) is 55.4 Å². The van der Waals surface area contributed by atoms with E-state index in [1.807, 2.05) is 43.3 Å². The molecule has 1 N–H and O–H groups in total. The third-order valence-corrected chi connectivity index (χ3v) is 4.32. The predicted molar refractivity (Wildman–Crippen MR) is 94.2 cm³/mol. The van der Waals surface area contributed by atoms with E-state index in [4.69, 9.17) is 0 Å². The van der Waals surface area contributed by atoms with Gasteiger partial charge in [-0.1, -0.05) is 18.2 Å². The summed E-state index contributed by atoms with van der Waals surface area (Å²) in [6.45, 7) is 0. The minimum atomic E-state index is -0.747. The van der Waals surface area contributed by atoms with Gasteiger partial charge in [0.05, 0.1) is 11.1 Å². The van der Waals surface area contributed by atoms with E-state index in [9.17, 15) is 9.59 Å². The maximum atomic E-state index is 12.9. The normalized spacial score (nSPS) is 15.0. The Labute approximate surface area is 141 Å². The highest BCUT2D eigenvalue weighted by Gasteiger charge is 2.52. The average molecular weight is 326 g/mol. The highest BCUT2D eigenvalue weighted by Crippen LogP contribution is 2.37. The number of rotatable bonds is 4. The molecule has 0 radical (unpaired) electrons. The van der Waals surface area contributed by atoms with Crippen LogP contribution in [0.1, 0.15) is 23.2 Å². The van der Waals surface area contributed by atoms with Crippen molar-refractivity contribution in [3.63, 3.8) is 0 Å². The molecule has 1 fully saturated rings. The van der Waals surface area contributed by atoms with Gasteiger partial charge < -0.3 is 15.1 Å². The molecule has 1 heterocycles. The number of hydrogen-bond donors (Lipinski definition) is 1. The molecule has 1 aromatic carbocycles. The Morgan fingerprint density at radius 1 is 1.12 bits per heavy atom. The van der Waals surface area contributed by atoms with Crippen molar-refractivity contribution in [2.45, 2.75) is 18.4 Å². The summed E-state index contributed by atoms with van der Waals surface area (Å²) >= 11 is 0. The number of likely N-dealkylation sites (N-methyl/N-ethyl adjacent to an activating group) is 1. The van der Waals surface area contributed by atoms with Crippen LogP contribution in [0.3, 0.4) is 0 Å². The van der Waals surface area contributed by atoms with E-state index in [-0.39, 0.29) is 11.8 Å². The van der Waals surface area contributed by atoms with E-state index in [0.717, 1.165) is 10.9 Å². The van der Waals surface area contributed by atoms with E-state index in [1.165, 1.54) is 4.90 Å². The van der Waals surface area contributed by atoms with Crippen LogP contribution in [0.5, 0.6) is 0 Å². The molecule has 2 amide bonds. The summed E-state index contributed by atoms with van der Waals surface area (Å²) in [6.07, 6.45) is 1.36. The lowest BCUT2D eigenvalue weighted by Crippen LogP contribution is -2.48. The van der Waals surface area contributed by atoms with Gasteiger partial charge in [0.15, 0.2) is 0 Å². The second-order valence-electron chi connectivity index (χ2n) is 6.68. The Kier molecular flexibility index (Phi) is 3.91. The topological polar surface area (TPSA) is 65.5 Å². The van der Waals surface area contributed by atoms with Crippen molar-refractivity contribution in [3.8, 4) is 0 Å². The van der Waals surface area contributed by atoms with Crippen molar-refractivity contribution in [1.29, 1.82) is 0 Å². The molecule has 1 saturated carbocycles. The van der Waals surface area contributed by atoms with Crippen molar-refractivity contribution in [1.82, 2.24) is 15.2 Å². The Hall–Kier alpha value is -2.63. The second kappa shape index (κ2) is 5.78. The molecule has 0 spiro atoms. The number of benzene rings is 1. The first kappa shape index (κ1) is 16.2. The zero-order valence-electron chi connectivity index (χ0n) is 14.5. The van der Waals surface area contributed by atoms with Crippen molar-refractivity contribution in [2.24, 2.45) is 0 Å². The van der Waals surface area contributed by atoms with Crippen molar-refractivity contribution >= 4 is 28.5 Å². The Balaban J connectivity index is 1.99. The van der Waals surface area contributed by atoms with Gasteiger partial charge in [-0.25, -0.2) is 4.98 Å².